The lowest BCUT2D eigenvalue weighted by molar-refractivity contribution is 0.0691. The molecule has 0 radical (unpaired) electrons. The van der Waals surface area contributed by atoms with Crippen LogP contribution in [0.15, 0.2) is 17.0 Å². The van der Waals surface area contributed by atoms with Gasteiger partial charge in [-0.3, -0.25) is 0 Å². The second-order valence-electron chi connectivity index (χ2n) is 4.74. The number of rotatable bonds is 7. The van der Waals surface area contributed by atoms with E-state index in [1.807, 2.05) is 6.92 Å². The SMILES string of the molecule is CCCCC(C)NS(=O)(=O)c1cc(Cl)cc(C(=O)O)c1F. The summed E-state index contributed by atoms with van der Waals surface area (Å²) in [6, 6.07) is 1.39. The van der Waals surface area contributed by atoms with Crippen LogP contribution in [-0.2, 0) is 10.0 Å². The highest BCUT2D eigenvalue weighted by Crippen LogP contribution is 2.24. The van der Waals surface area contributed by atoms with Gasteiger partial charge in [-0.25, -0.2) is 22.3 Å². The quantitative estimate of drug-likeness (QED) is 0.801. The van der Waals surface area contributed by atoms with Crippen molar-refractivity contribution in [2.45, 2.75) is 44.0 Å². The first kappa shape index (κ1) is 17.9. The van der Waals surface area contributed by atoms with E-state index in [2.05, 4.69) is 4.72 Å². The molecule has 0 fully saturated rings. The van der Waals surface area contributed by atoms with E-state index >= 15 is 0 Å². The third-order valence-electron chi connectivity index (χ3n) is 2.87. The van der Waals surface area contributed by atoms with Gasteiger partial charge in [-0.15, -0.1) is 0 Å². The first-order chi connectivity index (χ1) is 9.69. The Hall–Kier alpha value is -1.18. The minimum Gasteiger partial charge on any atom is -0.478 e. The normalized spacial score (nSPS) is 13.1. The van der Waals surface area contributed by atoms with E-state index in [4.69, 9.17) is 16.7 Å². The molecule has 1 atom stereocenters. The minimum absolute atomic E-state index is 0.157. The van der Waals surface area contributed by atoms with E-state index in [9.17, 15) is 17.6 Å². The number of carboxylic acid groups (broad SMARTS) is 1. The highest BCUT2D eigenvalue weighted by Gasteiger charge is 2.26. The first-order valence-electron chi connectivity index (χ1n) is 6.43. The maximum atomic E-state index is 14.0. The summed E-state index contributed by atoms with van der Waals surface area (Å²) in [5, 5.41) is 8.71. The molecule has 0 saturated heterocycles. The zero-order valence-electron chi connectivity index (χ0n) is 11.7. The van der Waals surface area contributed by atoms with Crippen molar-refractivity contribution < 1.29 is 22.7 Å². The molecule has 0 aliphatic heterocycles. The van der Waals surface area contributed by atoms with Crippen molar-refractivity contribution in [3.63, 3.8) is 0 Å². The van der Waals surface area contributed by atoms with Crippen molar-refractivity contribution in [1.82, 2.24) is 4.72 Å². The first-order valence-corrected chi connectivity index (χ1v) is 8.29. The van der Waals surface area contributed by atoms with Crippen LogP contribution in [0.4, 0.5) is 4.39 Å². The Bertz CT molecular complexity index is 633. The maximum absolute atomic E-state index is 14.0. The van der Waals surface area contributed by atoms with Crippen molar-refractivity contribution in [1.29, 1.82) is 0 Å². The summed E-state index contributed by atoms with van der Waals surface area (Å²) in [6.45, 7) is 3.63. The van der Waals surface area contributed by atoms with Crippen LogP contribution in [0.3, 0.4) is 0 Å². The topological polar surface area (TPSA) is 83.5 Å². The molecule has 0 spiro atoms. The van der Waals surface area contributed by atoms with E-state index in [1.54, 1.807) is 6.92 Å². The summed E-state index contributed by atoms with van der Waals surface area (Å²) in [5.41, 5.74) is -0.774. The summed E-state index contributed by atoms with van der Waals surface area (Å²) in [7, 11) is -4.17. The Kier molecular flexibility index (Phi) is 6.12. The second kappa shape index (κ2) is 7.20. The fraction of sp³-hybridized carbons (Fsp3) is 0.462. The van der Waals surface area contributed by atoms with Gasteiger partial charge in [0.05, 0.1) is 5.56 Å². The lowest BCUT2D eigenvalue weighted by atomic mass is 10.2. The molecule has 0 aliphatic rings. The number of unbranched alkanes of at least 4 members (excludes halogenated alkanes) is 1. The third-order valence-corrected chi connectivity index (χ3v) is 4.68. The Morgan fingerprint density at radius 1 is 1.48 bits per heavy atom. The van der Waals surface area contributed by atoms with E-state index in [-0.39, 0.29) is 11.1 Å². The number of hydrogen-bond donors (Lipinski definition) is 2. The van der Waals surface area contributed by atoms with Crippen LogP contribution in [0.1, 0.15) is 43.5 Å². The molecule has 2 N–H and O–H groups in total. The van der Waals surface area contributed by atoms with Crippen LogP contribution in [0.25, 0.3) is 0 Å². The molecule has 1 rings (SSSR count). The molecule has 1 aromatic carbocycles. The summed E-state index contributed by atoms with van der Waals surface area (Å²) < 4.78 is 40.7. The molecule has 0 bridgehead atoms. The van der Waals surface area contributed by atoms with Gasteiger partial charge >= 0.3 is 5.97 Å². The lowest BCUT2D eigenvalue weighted by Crippen LogP contribution is -2.33. The summed E-state index contributed by atoms with van der Waals surface area (Å²) in [4.78, 5) is 10.1. The largest absolute Gasteiger partial charge is 0.478 e. The summed E-state index contributed by atoms with van der Waals surface area (Å²) in [6.07, 6.45) is 2.33. The van der Waals surface area contributed by atoms with Gasteiger partial charge in [0, 0.05) is 11.1 Å². The van der Waals surface area contributed by atoms with Gasteiger partial charge in [0.25, 0.3) is 0 Å². The monoisotopic (exact) mass is 337 g/mol. The van der Waals surface area contributed by atoms with Crippen molar-refractivity contribution >= 4 is 27.6 Å². The number of hydrogen-bond acceptors (Lipinski definition) is 3. The van der Waals surface area contributed by atoms with Crippen molar-refractivity contribution in [3.8, 4) is 0 Å². The summed E-state index contributed by atoms with van der Waals surface area (Å²) >= 11 is 5.67. The van der Waals surface area contributed by atoms with E-state index in [1.165, 1.54) is 0 Å². The van der Waals surface area contributed by atoms with Crippen molar-refractivity contribution in [2.24, 2.45) is 0 Å². The molecule has 1 aromatic rings. The number of nitrogens with one attached hydrogen (secondary N) is 1. The molecule has 21 heavy (non-hydrogen) atoms. The molecule has 1 unspecified atom stereocenters. The number of carboxylic acids is 1. The highest BCUT2D eigenvalue weighted by atomic mass is 35.5. The molecular formula is C13H17ClFNO4S. The van der Waals surface area contributed by atoms with Crippen molar-refractivity contribution in [3.05, 3.63) is 28.5 Å². The fourth-order valence-electron chi connectivity index (χ4n) is 1.81. The molecule has 5 nitrogen and oxygen atoms in total. The zero-order valence-corrected chi connectivity index (χ0v) is 13.3. The Morgan fingerprint density at radius 3 is 2.62 bits per heavy atom. The van der Waals surface area contributed by atoms with E-state index in [0.29, 0.717) is 6.42 Å². The maximum Gasteiger partial charge on any atom is 0.338 e. The fourth-order valence-corrected chi connectivity index (χ4v) is 3.50. The predicted molar refractivity (Wildman–Crippen MR) is 77.7 cm³/mol. The summed E-state index contributed by atoms with van der Waals surface area (Å²) in [5.74, 6) is -2.90. The second-order valence-corrected chi connectivity index (χ2v) is 6.85. The zero-order chi connectivity index (χ0) is 16.2. The molecule has 118 valence electrons. The average Bonchev–Trinajstić information content (AvgIpc) is 2.37. The number of benzene rings is 1. The molecule has 0 amide bonds. The molecule has 8 heteroatoms. The smallest absolute Gasteiger partial charge is 0.338 e. The standard InChI is InChI=1S/C13H17ClFNO4S/c1-3-4-5-8(2)16-21(19,20)11-7-9(14)6-10(12(11)15)13(17)18/h6-8,16H,3-5H2,1-2H3,(H,17,18). The van der Waals surface area contributed by atoms with Crippen LogP contribution in [0, 0.1) is 5.82 Å². The molecular weight excluding hydrogens is 321 g/mol. The molecule has 0 aromatic heterocycles. The Labute approximate surface area is 128 Å². The number of sulfonamides is 1. The van der Waals surface area contributed by atoms with E-state index < -0.39 is 32.3 Å². The minimum atomic E-state index is -4.17. The van der Waals surface area contributed by atoms with Crippen LogP contribution in [0.5, 0.6) is 0 Å². The van der Waals surface area contributed by atoms with Gasteiger partial charge in [0.1, 0.15) is 4.90 Å². The van der Waals surface area contributed by atoms with Gasteiger partial charge in [-0.1, -0.05) is 31.4 Å². The highest BCUT2D eigenvalue weighted by molar-refractivity contribution is 7.89. The van der Waals surface area contributed by atoms with E-state index in [0.717, 1.165) is 25.0 Å². The predicted octanol–water partition coefficient (Wildman–Crippen LogP) is 3.03. The lowest BCUT2D eigenvalue weighted by Gasteiger charge is -2.15. The number of carbonyl (C=O) groups is 1. The van der Waals surface area contributed by atoms with Crippen LogP contribution in [-0.4, -0.2) is 25.5 Å². The van der Waals surface area contributed by atoms with Gasteiger partial charge in [-0.2, -0.15) is 0 Å². The Balaban J connectivity index is 3.17. The van der Waals surface area contributed by atoms with Gasteiger partial charge in [0.15, 0.2) is 5.82 Å². The Morgan fingerprint density at radius 2 is 2.10 bits per heavy atom. The average molecular weight is 338 g/mol. The van der Waals surface area contributed by atoms with Crippen molar-refractivity contribution in [2.75, 3.05) is 0 Å². The third kappa shape index (κ3) is 4.66. The molecule has 0 saturated carbocycles. The molecule has 0 heterocycles. The number of aromatic carboxylic acids is 1. The number of halogens is 2. The molecule has 0 aliphatic carbocycles. The van der Waals surface area contributed by atoms with Crippen LogP contribution >= 0.6 is 11.6 Å². The van der Waals surface area contributed by atoms with Gasteiger partial charge in [0.2, 0.25) is 10.0 Å². The van der Waals surface area contributed by atoms with Gasteiger partial charge in [-0.05, 0) is 25.5 Å². The van der Waals surface area contributed by atoms with Gasteiger partial charge < -0.3 is 5.11 Å². The van der Waals surface area contributed by atoms with Crippen LogP contribution < -0.4 is 4.72 Å². The van der Waals surface area contributed by atoms with Crippen LogP contribution in [0.2, 0.25) is 5.02 Å².